The quantitative estimate of drug-likeness (QED) is 0.831. The minimum Gasteiger partial charge on any atom is -0.484 e. The van der Waals surface area contributed by atoms with E-state index < -0.39 is 0 Å². The van der Waals surface area contributed by atoms with Crippen LogP contribution in [0, 0.1) is 17.2 Å². The van der Waals surface area contributed by atoms with Crippen molar-refractivity contribution in [1.29, 1.82) is 5.26 Å². The molecule has 1 amide bonds. The fourth-order valence-electron chi connectivity index (χ4n) is 2.58. The van der Waals surface area contributed by atoms with Gasteiger partial charge < -0.3 is 10.1 Å². The lowest BCUT2D eigenvalue weighted by Crippen LogP contribution is -2.31. The zero-order chi connectivity index (χ0) is 18.2. The molecule has 4 heteroatoms. The molecule has 25 heavy (non-hydrogen) atoms. The van der Waals surface area contributed by atoms with Crippen LogP contribution in [0.15, 0.2) is 48.5 Å². The smallest absolute Gasteiger partial charge is 0.258 e. The Hall–Kier alpha value is -2.80. The van der Waals surface area contributed by atoms with Crippen molar-refractivity contribution in [2.75, 3.05) is 6.61 Å². The molecule has 0 aromatic heterocycles. The molecule has 2 aromatic rings. The van der Waals surface area contributed by atoms with E-state index in [2.05, 4.69) is 43.4 Å². The molecular formula is C21H24N2O2. The molecule has 1 atom stereocenters. The lowest BCUT2D eigenvalue weighted by atomic mass is 10.00. The van der Waals surface area contributed by atoms with Gasteiger partial charge in [-0.2, -0.15) is 5.26 Å². The summed E-state index contributed by atoms with van der Waals surface area (Å²) in [5.74, 6) is 0.945. The van der Waals surface area contributed by atoms with E-state index in [-0.39, 0.29) is 18.6 Å². The van der Waals surface area contributed by atoms with Gasteiger partial charge in [0.1, 0.15) is 5.75 Å². The third kappa shape index (κ3) is 5.96. The topological polar surface area (TPSA) is 62.1 Å². The Labute approximate surface area is 149 Å². The van der Waals surface area contributed by atoms with Gasteiger partial charge in [0.25, 0.3) is 5.91 Å². The SMILES string of the molecule is CC(C)Cc1ccc([C@@H](C)NC(=O)COc2cccc(C#N)c2)cc1. The van der Waals surface area contributed by atoms with Crippen LogP contribution in [0.3, 0.4) is 0 Å². The number of nitriles is 1. The highest BCUT2D eigenvalue weighted by atomic mass is 16.5. The van der Waals surface area contributed by atoms with Gasteiger partial charge in [-0.25, -0.2) is 0 Å². The summed E-state index contributed by atoms with van der Waals surface area (Å²) in [4.78, 5) is 12.1. The number of rotatable bonds is 7. The Morgan fingerprint density at radius 2 is 1.88 bits per heavy atom. The summed E-state index contributed by atoms with van der Waals surface area (Å²) in [6, 6.07) is 17.1. The van der Waals surface area contributed by atoms with Gasteiger partial charge in [-0.1, -0.05) is 44.2 Å². The average Bonchev–Trinajstić information content (AvgIpc) is 2.60. The molecule has 2 rings (SSSR count). The summed E-state index contributed by atoms with van der Waals surface area (Å²) in [6.45, 7) is 6.27. The van der Waals surface area contributed by atoms with Crippen LogP contribution >= 0.6 is 0 Å². The molecule has 0 aliphatic carbocycles. The van der Waals surface area contributed by atoms with Gasteiger partial charge in [0, 0.05) is 0 Å². The van der Waals surface area contributed by atoms with Gasteiger partial charge in [0.2, 0.25) is 0 Å². The molecule has 0 radical (unpaired) electrons. The minimum atomic E-state index is -0.193. The lowest BCUT2D eigenvalue weighted by molar-refractivity contribution is -0.123. The maximum absolute atomic E-state index is 12.1. The first kappa shape index (κ1) is 18.5. The summed E-state index contributed by atoms with van der Waals surface area (Å²) < 4.78 is 5.45. The second-order valence-corrected chi connectivity index (χ2v) is 6.56. The first-order valence-electron chi connectivity index (χ1n) is 8.49. The summed E-state index contributed by atoms with van der Waals surface area (Å²) >= 11 is 0. The minimum absolute atomic E-state index is 0.0787. The van der Waals surface area contributed by atoms with Crippen molar-refractivity contribution >= 4 is 5.91 Å². The number of hydrogen-bond acceptors (Lipinski definition) is 3. The monoisotopic (exact) mass is 336 g/mol. The highest BCUT2D eigenvalue weighted by Gasteiger charge is 2.10. The van der Waals surface area contributed by atoms with Crippen LogP contribution in [0.25, 0.3) is 0 Å². The molecular weight excluding hydrogens is 312 g/mol. The number of nitrogens with zero attached hydrogens (tertiary/aromatic N) is 1. The Bertz CT molecular complexity index is 745. The maximum atomic E-state index is 12.1. The van der Waals surface area contributed by atoms with Crippen LogP contribution in [0.5, 0.6) is 5.75 Å². The van der Waals surface area contributed by atoms with Crippen LogP contribution in [0.4, 0.5) is 0 Å². The van der Waals surface area contributed by atoms with E-state index in [0.29, 0.717) is 17.2 Å². The maximum Gasteiger partial charge on any atom is 0.258 e. The molecule has 2 aromatic carbocycles. The fraction of sp³-hybridized carbons (Fsp3) is 0.333. The zero-order valence-electron chi connectivity index (χ0n) is 15.0. The van der Waals surface area contributed by atoms with Crippen molar-refractivity contribution < 1.29 is 9.53 Å². The Balaban J connectivity index is 1.86. The first-order chi connectivity index (χ1) is 12.0. The molecule has 0 saturated heterocycles. The van der Waals surface area contributed by atoms with Gasteiger partial charge in [0.05, 0.1) is 17.7 Å². The first-order valence-corrected chi connectivity index (χ1v) is 8.49. The summed E-state index contributed by atoms with van der Waals surface area (Å²) in [7, 11) is 0. The van der Waals surface area contributed by atoms with E-state index in [0.717, 1.165) is 12.0 Å². The zero-order valence-corrected chi connectivity index (χ0v) is 15.0. The molecule has 0 unspecified atom stereocenters. The number of benzene rings is 2. The van der Waals surface area contributed by atoms with E-state index in [1.807, 2.05) is 13.0 Å². The Kier molecular flexibility index (Phi) is 6.59. The molecule has 0 aliphatic heterocycles. The normalized spacial score (nSPS) is 11.6. The molecule has 0 bridgehead atoms. The third-order valence-electron chi connectivity index (χ3n) is 3.83. The fourth-order valence-corrected chi connectivity index (χ4v) is 2.58. The van der Waals surface area contributed by atoms with E-state index in [1.54, 1.807) is 24.3 Å². The predicted molar refractivity (Wildman–Crippen MR) is 98.2 cm³/mol. The van der Waals surface area contributed by atoms with Crippen LogP contribution in [0.1, 0.15) is 43.5 Å². The van der Waals surface area contributed by atoms with E-state index in [1.165, 1.54) is 5.56 Å². The van der Waals surface area contributed by atoms with Crippen LogP contribution in [-0.4, -0.2) is 12.5 Å². The number of amides is 1. The molecule has 4 nitrogen and oxygen atoms in total. The molecule has 0 spiro atoms. The molecule has 0 aliphatic rings. The van der Waals surface area contributed by atoms with Crippen molar-refractivity contribution in [1.82, 2.24) is 5.32 Å². The molecule has 130 valence electrons. The van der Waals surface area contributed by atoms with Crippen molar-refractivity contribution in [2.45, 2.75) is 33.2 Å². The van der Waals surface area contributed by atoms with E-state index in [4.69, 9.17) is 10.00 Å². The predicted octanol–water partition coefficient (Wildman–Crippen LogP) is 4.01. The van der Waals surface area contributed by atoms with Gasteiger partial charge >= 0.3 is 0 Å². The molecule has 0 fully saturated rings. The van der Waals surface area contributed by atoms with Crippen LogP contribution < -0.4 is 10.1 Å². The summed E-state index contributed by atoms with van der Waals surface area (Å²) in [6.07, 6.45) is 1.05. The number of nitrogens with one attached hydrogen (secondary N) is 1. The number of hydrogen-bond donors (Lipinski definition) is 1. The number of ether oxygens (including phenoxy) is 1. The summed E-state index contributed by atoms with van der Waals surface area (Å²) in [5.41, 5.74) is 2.87. The van der Waals surface area contributed by atoms with Crippen molar-refractivity contribution in [3.8, 4) is 11.8 Å². The second kappa shape index (κ2) is 8.89. The van der Waals surface area contributed by atoms with Gasteiger partial charge in [-0.3, -0.25) is 4.79 Å². The van der Waals surface area contributed by atoms with Gasteiger partial charge in [-0.05, 0) is 48.6 Å². The van der Waals surface area contributed by atoms with Crippen molar-refractivity contribution in [3.05, 3.63) is 65.2 Å². The van der Waals surface area contributed by atoms with Crippen molar-refractivity contribution in [2.24, 2.45) is 5.92 Å². The standard InChI is InChI=1S/C21H24N2O2/c1-15(2)11-17-7-9-19(10-8-17)16(3)23-21(24)14-25-20-6-4-5-18(12-20)13-22/h4-10,12,15-16H,11,14H2,1-3H3,(H,23,24)/t16-/m1/s1. The second-order valence-electron chi connectivity index (χ2n) is 6.56. The van der Waals surface area contributed by atoms with Gasteiger partial charge in [0.15, 0.2) is 6.61 Å². The van der Waals surface area contributed by atoms with E-state index >= 15 is 0 Å². The van der Waals surface area contributed by atoms with Gasteiger partial charge in [-0.15, -0.1) is 0 Å². The van der Waals surface area contributed by atoms with Crippen LogP contribution in [0.2, 0.25) is 0 Å². The summed E-state index contributed by atoms with van der Waals surface area (Å²) in [5, 5.41) is 11.8. The highest BCUT2D eigenvalue weighted by Crippen LogP contribution is 2.16. The highest BCUT2D eigenvalue weighted by molar-refractivity contribution is 5.78. The molecule has 1 N–H and O–H groups in total. The number of carbonyl (C=O) groups is 1. The molecule has 0 saturated carbocycles. The van der Waals surface area contributed by atoms with Crippen molar-refractivity contribution in [3.63, 3.8) is 0 Å². The van der Waals surface area contributed by atoms with Crippen LogP contribution in [-0.2, 0) is 11.2 Å². The molecule has 0 heterocycles. The Morgan fingerprint density at radius 1 is 1.16 bits per heavy atom. The third-order valence-corrected chi connectivity index (χ3v) is 3.83. The largest absolute Gasteiger partial charge is 0.484 e. The number of carbonyl (C=O) groups excluding carboxylic acids is 1. The Morgan fingerprint density at radius 3 is 2.52 bits per heavy atom. The van der Waals surface area contributed by atoms with E-state index in [9.17, 15) is 4.79 Å². The average molecular weight is 336 g/mol. The lowest BCUT2D eigenvalue weighted by Gasteiger charge is -2.15.